The molecule has 0 bridgehead atoms. The van der Waals surface area contributed by atoms with Crippen molar-refractivity contribution in [2.75, 3.05) is 29.0 Å². The van der Waals surface area contributed by atoms with Crippen LogP contribution in [-0.2, 0) is 0 Å². The normalized spacial score (nSPS) is 18.2. The summed E-state index contributed by atoms with van der Waals surface area (Å²) in [5, 5.41) is 3.23. The number of benzene rings is 1. The summed E-state index contributed by atoms with van der Waals surface area (Å²) in [5.41, 5.74) is 12.7. The Morgan fingerprint density at radius 1 is 1.20 bits per heavy atom. The van der Waals surface area contributed by atoms with Gasteiger partial charge in [-0.2, -0.15) is 9.97 Å². The summed E-state index contributed by atoms with van der Waals surface area (Å²) in [6.45, 7) is 1.71. The van der Waals surface area contributed by atoms with Gasteiger partial charge in [0.25, 0.3) is 0 Å². The minimum Gasteiger partial charge on any atom is -0.368 e. The van der Waals surface area contributed by atoms with E-state index in [0.717, 1.165) is 31.0 Å². The van der Waals surface area contributed by atoms with E-state index in [4.69, 9.17) is 11.5 Å². The van der Waals surface area contributed by atoms with Crippen molar-refractivity contribution < 1.29 is 0 Å². The van der Waals surface area contributed by atoms with Crippen LogP contribution in [0.1, 0.15) is 6.42 Å². The second-order valence-corrected chi connectivity index (χ2v) is 4.96. The highest BCUT2D eigenvalue weighted by atomic mass is 15.2. The van der Waals surface area contributed by atoms with Crippen molar-refractivity contribution in [3.63, 3.8) is 0 Å². The minimum atomic E-state index is 0.205. The molecule has 6 nitrogen and oxygen atoms in total. The Bertz CT molecular complexity index is 585. The molecule has 0 spiro atoms. The third kappa shape index (κ3) is 2.80. The fourth-order valence-electron chi connectivity index (χ4n) is 2.34. The monoisotopic (exact) mass is 270 g/mol. The molecule has 1 fully saturated rings. The fraction of sp³-hybridized carbons (Fsp3) is 0.286. The van der Waals surface area contributed by atoms with Crippen LogP contribution >= 0.6 is 0 Å². The van der Waals surface area contributed by atoms with Crippen LogP contribution in [0.4, 0.5) is 23.3 Å². The van der Waals surface area contributed by atoms with Crippen LogP contribution in [0.2, 0.25) is 0 Å². The molecule has 0 radical (unpaired) electrons. The van der Waals surface area contributed by atoms with Crippen LogP contribution in [-0.4, -0.2) is 29.1 Å². The summed E-state index contributed by atoms with van der Waals surface area (Å²) in [6.07, 6.45) is 0.978. The van der Waals surface area contributed by atoms with Crippen molar-refractivity contribution in [3.8, 4) is 0 Å². The summed E-state index contributed by atoms with van der Waals surface area (Å²) >= 11 is 0. The highest BCUT2D eigenvalue weighted by Gasteiger charge is 2.21. The first kappa shape index (κ1) is 12.7. The molecule has 2 aromatic rings. The Hall–Kier alpha value is -2.34. The van der Waals surface area contributed by atoms with Gasteiger partial charge in [-0.05, 0) is 18.6 Å². The highest BCUT2D eigenvalue weighted by molar-refractivity contribution is 5.61. The largest absolute Gasteiger partial charge is 0.368 e. The lowest BCUT2D eigenvalue weighted by Crippen LogP contribution is -2.27. The van der Waals surface area contributed by atoms with Gasteiger partial charge in [-0.1, -0.05) is 18.2 Å². The van der Waals surface area contributed by atoms with Gasteiger partial charge < -0.3 is 21.7 Å². The number of aromatic nitrogens is 2. The van der Waals surface area contributed by atoms with E-state index in [0.29, 0.717) is 5.82 Å². The van der Waals surface area contributed by atoms with Crippen LogP contribution in [0.25, 0.3) is 0 Å². The molecule has 1 aromatic heterocycles. The van der Waals surface area contributed by atoms with Crippen LogP contribution < -0.4 is 21.7 Å². The first-order chi connectivity index (χ1) is 9.70. The van der Waals surface area contributed by atoms with Crippen LogP contribution in [0.3, 0.4) is 0 Å². The Morgan fingerprint density at radius 3 is 2.70 bits per heavy atom. The van der Waals surface area contributed by atoms with Crippen molar-refractivity contribution in [1.82, 2.24) is 9.97 Å². The Labute approximate surface area is 117 Å². The average Bonchev–Trinajstić information content (AvgIpc) is 2.86. The lowest BCUT2D eigenvalue weighted by Gasteiger charge is -2.18. The van der Waals surface area contributed by atoms with Gasteiger partial charge in [0.15, 0.2) is 0 Å². The number of rotatable bonds is 3. The zero-order valence-corrected chi connectivity index (χ0v) is 11.2. The van der Waals surface area contributed by atoms with E-state index in [9.17, 15) is 0 Å². The predicted octanol–water partition coefficient (Wildman–Crippen LogP) is 1.34. The van der Waals surface area contributed by atoms with E-state index in [1.54, 1.807) is 0 Å². The molecule has 6 heteroatoms. The van der Waals surface area contributed by atoms with Gasteiger partial charge in [0.1, 0.15) is 11.6 Å². The third-order valence-electron chi connectivity index (χ3n) is 3.32. The van der Waals surface area contributed by atoms with E-state index in [-0.39, 0.29) is 12.0 Å². The molecule has 104 valence electrons. The summed E-state index contributed by atoms with van der Waals surface area (Å²) in [6, 6.07) is 12.0. The predicted molar refractivity (Wildman–Crippen MR) is 81.0 cm³/mol. The van der Waals surface area contributed by atoms with E-state index < -0.39 is 0 Å². The van der Waals surface area contributed by atoms with E-state index in [1.807, 2.05) is 36.4 Å². The zero-order valence-electron chi connectivity index (χ0n) is 11.2. The van der Waals surface area contributed by atoms with E-state index in [1.165, 1.54) is 0 Å². The number of nitrogens with two attached hydrogens (primary N) is 2. The SMILES string of the molecule is Nc1nc(Nc2ccccc2)cc(N2CC[C@H](N)C2)n1. The molecule has 0 unspecified atom stereocenters. The quantitative estimate of drug-likeness (QED) is 0.779. The van der Waals surface area contributed by atoms with Gasteiger partial charge >= 0.3 is 0 Å². The Kier molecular flexibility index (Phi) is 3.39. The van der Waals surface area contributed by atoms with Crippen molar-refractivity contribution in [2.24, 2.45) is 5.73 Å². The number of hydrogen-bond donors (Lipinski definition) is 3. The second-order valence-electron chi connectivity index (χ2n) is 4.96. The maximum atomic E-state index is 5.93. The summed E-state index contributed by atoms with van der Waals surface area (Å²) in [5.74, 6) is 1.78. The number of para-hydroxylation sites is 1. The summed E-state index contributed by atoms with van der Waals surface area (Å²) in [4.78, 5) is 10.6. The zero-order chi connectivity index (χ0) is 13.9. The highest BCUT2D eigenvalue weighted by Crippen LogP contribution is 2.23. The van der Waals surface area contributed by atoms with Crippen LogP contribution in [0, 0.1) is 0 Å². The molecule has 0 amide bonds. The van der Waals surface area contributed by atoms with Gasteiger partial charge in [-0.3, -0.25) is 0 Å². The number of nitrogens with one attached hydrogen (secondary N) is 1. The molecular formula is C14H18N6. The number of hydrogen-bond acceptors (Lipinski definition) is 6. The molecule has 1 aliphatic heterocycles. The van der Waals surface area contributed by atoms with Gasteiger partial charge in [0.2, 0.25) is 5.95 Å². The summed E-state index contributed by atoms with van der Waals surface area (Å²) in [7, 11) is 0. The molecular weight excluding hydrogens is 252 g/mol. The molecule has 3 rings (SSSR count). The maximum absolute atomic E-state index is 5.93. The molecule has 0 aliphatic carbocycles. The van der Waals surface area contributed by atoms with E-state index >= 15 is 0 Å². The number of nitrogen functional groups attached to an aromatic ring is 1. The molecule has 0 saturated carbocycles. The molecule has 20 heavy (non-hydrogen) atoms. The maximum Gasteiger partial charge on any atom is 0.223 e. The third-order valence-corrected chi connectivity index (χ3v) is 3.32. The lowest BCUT2D eigenvalue weighted by molar-refractivity contribution is 0.751. The minimum absolute atomic E-state index is 0.205. The number of nitrogens with zero attached hydrogens (tertiary/aromatic N) is 3. The number of anilines is 4. The first-order valence-electron chi connectivity index (χ1n) is 6.68. The molecule has 1 aliphatic rings. The van der Waals surface area contributed by atoms with Gasteiger partial charge in [-0.15, -0.1) is 0 Å². The Morgan fingerprint density at radius 2 is 2.00 bits per heavy atom. The standard InChI is InChI=1S/C14H18N6/c15-10-6-7-20(9-10)13-8-12(18-14(16)19-13)17-11-4-2-1-3-5-11/h1-5,8,10H,6-7,9,15H2,(H3,16,17,18,19)/t10-/m0/s1. The summed E-state index contributed by atoms with van der Waals surface area (Å²) < 4.78 is 0. The van der Waals surface area contributed by atoms with Gasteiger partial charge in [0, 0.05) is 30.9 Å². The average molecular weight is 270 g/mol. The van der Waals surface area contributed by atoms with Crippen molar-refractivity contribution in [1.29, 1.82) is 0 Å². The molecule has 5 N–H and O–H groups in total. The molecule has 1 saturated heterocycles. The van der Waals surface area contributed by atoms with Crippen molar-refractivity contribution >= 4 is 23.3 Å². The van der Waals surface area contributed by atoms with Crippen LogP contribution in [0.15, 0.2) is 36.4 Å². The van der Waals surface area contributed by atoms with Crippen LogP contribution in [0.5, 0.6) is 0 Å². The van der Waals surface area contributed by atoms with E-state index in [2.05, 4.69) is 20.2 Å². The molecule has 1 aromatic carbocycles. The van der Waals surface area contributed by atoms with Gasteiger partial charge in [-0.25, -0.2) is 0 Å². The first-order valence-corrected chi connectivity index (χ1v) is 6.68. The smallest absolute Gasteiger partial charge is 0.223 e. The topological polar surface area (TPSA) is 93.1 Å². The second kappa shape index (κ2) is 5.34. The van der Waals surface area contributed by atoms with Crippen molar-refractivity contribution in [3.05, 3.63) is 36.4 Å². The Balaban J connectivity index is 1.83. The molecule has 1 atom stereocenters. The van der Waals surface area contributed by atoms with Gasteiger partial charge in [0.05, 0.1) is 0 Å². The lowest BCUT2D eigenvalue weighted by atomic mass is 10.3. The molecule has 2 heterocycles. The van der Waals surface area contributed by atoms with Crippen molar-refractivity contribution in [2.45, 2.75) is 12.5 Å². The fourth-order valence-corrected chi connectivity index (χ4v) is 2.34.